The summed E-state index contributed by atoms with van der Waals surface area (Å²) in [6.07, 6.45) is 0. The van der Waals surface area contributed by atoms with Crippen LogP contribution >= 0.6 is 39.1 Å². The Hall–Kier alpha value is -1.56. The Bertz CT molecular complexity index is 734. The zero-order chi connectivity index (χ0) is 15.6. The highest BCUT2D eigenvalue weighted by Gasteiger charge is 2.13. The van der Waals surface area contributed by atoms with Crippen molar-refractivity contribution < 1.29 is 14.7 Å². The van der Waals surface area contributed by atoms with E-state index in [4.69, 9.17) is 28.3 Å². The monoisotopic (exact) mass is 387 g/mol. The van der Waals surface area contributed by atoms with Gasteiger partial charge in [-0.1, -0.05) is 23.2 Å². The molecular formula is C14H8BrCl2NO3. The molecule has 1 amide bonds. The molecule has 0 heterocycles. The number of benzene rings is 2. The Kier molecular flexibility index (Phi) is 4.88. The van der Waals surface area contributed by atoms with Gasteiger partial charge in [0.2, 0.25) is 0 Å². The number of carboxylic acids is 1. The highest BCUT2D eigenvalue weighted by molar-refractivity contribution is 9.10. The Balaban J connectivity index is 2.27. The summed E-state index contributed by atoms with van der Waals surface area (Å²) in [5, 5.41) is 12.2. The molecule has 2 N–H and O–H groups in total. The molecule has 0 aliphatic carbocycles. The van der Waals surface area contributed by atoms with E-state index in [9.17, 15) is 9.59 Å². The standard InChI is InChI=1S/C14H8BrCl2NO3/c15-11-5-7(16)1-3-9(11)13(19)18-8-2-4-12(17)10(6-8)14(20)21/h1-6H,(H,18,19)(H,20,21). The molecule has 7 heteroatoms. The van der Waals surface area contributed by atoms with Crippen LogP contribution in [-0.4, -0.2) is 17.0 Å². The van der Waals surface area contributed by atoms with Crippen LogP contribution in [-0.2, 0) is 0 Å². The lowest BCUT2D eigenvalue weighted by molar-refractivity contribution is 0.0696. The van der Waals surface area contributed by atoms with Gasteiger partial charge < -0.3 is 10.4 Å². The first-order valence-electron chi connectivity index (χ1n) is 5.67. The molecule has 0 aliphatic heterocycles. The van der Waals surface area contributed by atoms with E-state index in [-0.39, 0.29) is 10.6 Å². The van der Waals surface area contributed by atoms with Crippen LogP contribution < -0.4 is 5.32 Å². The summed E-state index contributed by atoms with van der Waals surface area (Å²) in [6.45, 7) is 0. The second kappa shape index (κ2) is 6.47. The predicted molar refractivity (Wildman–Crippen MR) is 85.5 cm³/mol. The van der Waals surface area contributed by atoms with E-state index in [1.165, 1.54) is 18.2 Å². The normalized spacial score (nSPS) is 10.2. The van der Waals surface area contributed by atoms with Crippen LogP contribution in [0, 0.1) is 0 Å². The Morgan fingerprint density at radius 1 is 1.05 bits per heavy atom. The first-order valence-corrected chi connectivity index (χ1v) is 7.22. The Morgan fingerprint density at radius 2 is 1.76 bits per heavy atom. The first kappa shape index (κ1) is 15.8. The summed E-state index contributed by atoms with van der Waals surface area (Å²) in [6, 6.07) is 8.99. The maximum absolute atomic E-state index is 12.1. The average molecular weight is 389 g/mol. The molecule has 0 bridgehead atoms. The number of rotatable bonds is 3. The summed E-state index contributed by atoms with van der Waals surface area (Å²) in [5.41, 5.74) is 0.638. The number of carboxylic acid groups (broad SMARTS) is 1. The molecule has 0 atom stereocenters. The lowest BCUT2D eigenvalue weighted by Gasteiger charge is -2.08. The van der Waals surface area contributed by atoms with Crippen molar-refractivity contribution in [2.75, 3.05) is 5.32 Å². The van der Waals surface area contributed by atoms with E-state index < -0.39 is 11.9 Å². The van der Waals surface area contributed by atoms with Crippen molar-refractivity contribution in [3.05, 3.63) is 62.0 Å². The third kappa shape index (κ3) is 3.75. The second-order valence-electron chi connectivity index (χ2n) is 4.08. The molecule has 0 saturated carbocycles. The fourth-order valence-corrected chi connectivity index (χ4v) is 2.70. The molecule has 4 nitrogen and oxygen atoms in total. The molecule has 2 aromatic rings. The topological polar surface area (TPSA) is 66.4 Å². The van der Waals surface area contributed by atoms with Crippen molar-refractivity contribution in [3.8, 4) is 0 Å². The van der Waals surface area contributed by atoms with Crippen molar-refractivity contribution in [2.24, 2.45) is 0 Å². The van der Waals surface area contributed by atoms with Gasteiger partial charge >= 0.3 is 5.97 Å². The minimum absolute atomic E-state index is 0.0790. The van der Waals surface area contributed by atoms with Gasteiger partial charge in [-0.15, -0.1) is 0 Å². The smallest absolute Gasteiger partial charge is 0.337 e. The molecule has 0 fully saturated rings. The highest BCUT2D eigenvalue weighted by Crippen LogP contribution is 2.24. The fraction of sp³-hybridized carbons (Fsp3) is 0. The zero-order valence-corrected chi connectivity index (χ0v) is 13.5. The summed E-state index contributed by atoms with van der Waals surface area (Å²) in [4.78, 5) is 23.1. The third-order valence-electron chi connectivity index (χ3n) is 2.63. The summed E-state index contributed by atoms with van der Waals surface area (Å²) in [5.74, 6) is -1.55. The third-order valence-corrected chi connectivity index (χ3v) is 3.85. The van der Waals surface area contributed by atoms with E-state index in [0.717, 1.165) is 0 Å². The SMILES string of the molecule is O=C(O)c1cc(NC(=O)c2ccc(Cl)cc2Br)ccc1Cl. The number of hydrogen-bond donors (Lipinski definition) is 2. The van der Waals surface area contributed by atoms with Crippen LogP contribution in [0.2, 0.25) is 10.0 Å². The van der Waals surface area contributed by atoms with Crippen LogP contribution in [0.1, 0.15) is 20.7 Å². The summed E-state index contributed by atoms with van der Waals surface area (Å²) in [7, 11) is 0. The van der Waals surface area contributed by atoms with Gasteiger partial charge in [0.15, 0.2) is 0 Å². The lowest BCUT2D eigenvalue weighted by atomic mass is 10.1. The van der Waals surface area contributed by atoms with Crippen LogP contribution in [0.15, 0.2) is 40.9 Å². The number of anilines is 1. The van der Waals surface area contributed by atoms with Gasteiger partial charge in [0.05, 0.1) is 16.1 Å². The number of amides is 1. The van der Waals surface area contributed by atoms with E-state index in [2.05, 4.69) is 21.2 Å². The van der Waals surface area contributed by atoms with E-state index in [1.54, 1.807) is 18.2 Å². The van der Waals surface area contributed by atoms with E-state index in [1.807, 2.05) is 0 Å². The van der Waals surface area contributed by atoms with Crippen molar-refractivity contribution >= 4 is 56.7 Å². The molecule has 0 unspecified atom stereocenters. The average Bonchev–Trinajstić information content (AvgIpc) is 2.40. The van der Waals surface area contributed by atoms with Gasteiger partial charge in [-0.3, -0.25) is 4.79 Å². The quantitative estimate of drug-likeness (QED) is 0.800. The molecule has 21 heavy (non-hydrogen) atoms. The predicted octanol–water partition coefficient (Wildman–Crippen LogP) is 4.71. The maximum atomic E-state index is 12.1. The number of aromatic carboxylic acids is 1. The van der Waals surface area contributed by atoms with Crippen molar-refractivity contribution in [1.29, 1.82) is 0 Å². The van der Waals surface area contributed by atoms with Crippen LogP contribution in [0.3, 0.4) is 0 Å². The van der Waals surface area contributed by atoms with Gasteiger partial charge in [0, 0.05) is 15.2 Å². The molecule has 108 valence electrons. The largest absolute Gasteiger partial charge is 0.478 e. The van der Waals surface area contributed by atoms with Gasteiger partial charge in [-0.2, -0.15) is 0 Å². The Morgan fingerprint density at radius 3 is 2.38 bits per heavy atom. The zero-order valence-electron chi connectivity index (χ0n) is 10.4. The second-order valence-corrected chi connectivity index (χ2v) is 5.78. The minimum atomic E-state index is -1.16. The lowest BCUT2D eigenvalue weighted by Crippen LogP contribution is -2.13. The van der Waals surface area contributed by atoms with E-state index in [0.29, 0.717) is 20.7 Å². The number of hydrogen-bond acceptors (Lipinski definition) is 2. The number of carbonyl (C=O) groups excluding carboxylic acids is 1. The fourth-order valence-electron chi connectivity index (χ4n) is 1.64. The van der Waals surface area contributed by atoms with Gasteiger partial charge in [0.25, 0.3) is 5.91 Å². The van der Waals surface area contributed by atoms with Gasteiger partial charge in [-0.05, 0) is 52.3 Å². The summed E-state index contributed by atoms with van der Waals surface area (Å²) < 4.78 is 0.542. The van der Waals surface area contributed by atoms with Crippen molar-refractivity contribution in [2.45, 2.75) is 0 Å². The number of nitrogens with one attached hydrogen (secondary N) is 1. The van der Waals surface area contributed by atoms with E-state index >= 15 is 0 Å². The first-order chi connectivity index (χ1) is 9.88. The molecule has 0 radical (unpaired) electrons. The van der Waals surface area contributed by atoms with Crippen LogP contribution in [0.4, 0.5) is 5.69 Å². The van der Waals surface area contributed by atoms with Crippen molar-refractivity contribution in [1.82, 2.24) is 0 Å². The van der Waals surface area contributed by atoms with Crippen LogP contribution in [0.25, 0.3) is 0 Å². The summed E-state index contributed by atoms with van der Waals surface area (Å²) >= 11 is 14.8. The van der Waals surface area contributed by atoms with Crippen molar-refractivity contribution in [3.63, 3.8) is 0 Å². The molecule has 0 saturated heterocycles. The molecule has 0 aliphatic rings. The molecule has 2 aromatic carbocycles. The molecule has 0 spiro atoms. The van der Waals surface area contributed by atoms with Gasteiger partial charge in [-0.25, -0.2) is 4.79 Å². The maximum Gasteiger partial charge on any atom is 0.337 e. The molecule has 2 rings (SSSR count). The number of halogens is 3. The molecule has 0 aromatic heterocycles. The highest BCUT2D eigenvalue weighted by atomic mass is 79.9. The van der Waals surface area contributed by atoms with Crippen LogP contribution in [0.5, 0.6) is 0 Å². The number of carbonyl (C=O) groups is 2. The Labute approximate surface area is 138 Å². The molecular weight excluding hydrogens is 381 g/mol. The minimum Gasteiger partial charge on any atom is -0.478 e. The van der Waals surface area contributed by atoms with Gasteiger partial charge in [0.1, 0.15) is 0 Å².